The van der Waals surface area contributed by atoms with Crippen molar-refractivity contribution in [1.29, 1.82) is 0 Å². The second kappa shape index (κ2) is 5.25. The molecule has 2 aromatic rings. The topological polar surface area (TPSA) is 34.0 Å². The van der Waals surface area contributed by atoms with Crippen molar-refractivity contribution in [1.82, 2.24) is 19.4 Å². The van der Waals surface area contributed by atoms with E-state index in [0.29, 0.717) is 0 Å². The summed E-state index contributed by atoms with van der Waals surface area (Å²) < 4.78 is 2.24. The van der Waals surface area contributed by atoms with Gasteiger partial charge in [0.05, 0.1) is 5.38 Å². The lowest BCUT2D eigenvalue weighted by molar-refractivity contribution is 0.0426. The molecule has 4 nitrogen and oxygen atoms in total. The van der Waals surface area contributed by atoms with Crippen molar-refractivity contribution >= 4 is 22.8 Å². The van der Waals surface area contributed by atoms with Gasteiger partial charge in [-0.1, -0.05) is 0 Å². The van der Waals surface area contributed by atoms with E-state index in [4.69, 9.17) is 16.6 Å². The molecule has 0 aliphatic heterocycles. The zero-order valence-corrected chi connectivity index (χ0v) is 14.0. The lowest BCUT2D eigenvalue weighted by atomic mass is 9.75. The number of alkyl halides is 1. The molecule has 1 fully saturated rings. The first-order chi connectivity index (χ1) is 9.94. The van der Waals surface area contributed by atoms with E-state index in [1.807, 2.05) is 19.2 Å². The van der Waals surface area contributed by atoms with Gasteiger partial charge in [-0.05, 0) is 58.8 Å². The van der Waals surface area contributed by atoms with Crippen LogP contribution in [0.4, 0.5) is 0 Å². The second-order valence-electron chi connectivity index (χ2n) is 6.44. The Morgan fingerprint density at radius 1 is 1.43 bits per heavy atom. The Bertz CT molecular complexity index is 656. The fourth-order valence-corrected chi connectivity index (χ4v) is 3.41. The van der Waals surface area contributed by atoms with Crippen LogP contribution in [0.2, 0.25) is 0 Å². The maximum atomic E-state index is 6.38. The highest BCUT2D eigenvalue weighted by Crippen LogP contribution is 2.39. The fourth-order valence-electron chi connectivity index (χ4n) is 3.24. The van der Waals surface area contributed by atoms with Gasteiger partial charge >= 0.3 is 0 Å². The van der Waals surface area contributed by atoms with Crippen LogP contribution in [-0.4, -0.2) is 39.1 Å². The minimum atomic E-state index is -0.113. The van der Waals surface area contributed by atoms with Gasteiger partial charge in [-0.3, -0.25) is 0 Å². The number of nitrogens with zero attached hydrogens (tertiary/aromatic N) is 4. The van der Waals surface area contributed by atoms with Crippen molar-refractivity contribution in [2.45, 2.75) is 50.6 Å². The summed E-state index contributed by atoms with van der Waals surface area (Å²) in [6.07, 6.45) is 5.61. The Morgan fingerprint density at radius 2 is 2.14 bits per heavy atom. The molecule has 1 aliphatic rings. The summed E-state index contributed by atoms with van der Waals surface area (Å²) in [5.41, 5.74) is 3.32. The lowest BCUT2D eigenvalue weighted by Crippen LogP contribution is -2.53. The number of rotatable bonds is 4. The highest BCUT2D eigenvalue weighted by molar-refractivity contribution is 6.20. The summed E-state index contributed by atoms with van der Waals surface area (Å²) >= 11 is 6.38. The van der Waals surface area contributed by atoms with Gasteiger partial charge < -0.3 is 9.47 Å². The Morgan fingerprint density at radius 3 is 2.67 bits per heavy atom. The molecular formula is C16H23ClN4. The van der Waals surface area contributed by atoms with Crippen LogP contribution in [0.5, 0.6) is 0 Å². The van der Waals surface area contributed by atoms with Gasteiger partial charge in [0.15, 0.2) is 5.65 Å². The third-order valence-corrected chi connectivity index (χ3v) is 5.10. The number of hydrogen-bond acceptors (Lipinski definition) is 3. The molecule has 114 valence electrons. The summed E-state index contributed by atoms with van der Waals surface area (Å²) in [5, 5.41) is -0.113. The second-order valence-corrected chi connectivity index (χ2v) is 7.10. The van der Waals surface area contributed by atoms with E-state index in [1.165, 1.54) is 19.3 Å². The fraction of sp³-hybridized carbons (Fsp3) is 0.625. The van der Waals surface area contributed by atoms with Crippen molar-refractivity contribution in [2.75, 3.05) is 14.1 Å². The van der Waals surface area contributed by atoms with Crippen molar-refractivity contribution in [2.24, 2.45) is 0 Å². The van der Waals surface area contributed by atoms with Crippen LogP contribution >= 0.6 is 11.6 Å². The van der Waals surface area contributed by atoms with Crippen LogP contribution in [0, 0.1) is 6.92 Å². The molecule has 1 unspecified atom stereocenters. The van der Waals surface area contributed by atoms with Crippen molar-refractivity contribution < 1.29 is 0 Å². The third kappa shape index (κ3) is 2.34. The van der Waals surface area contributed by atoms with E-state index in [2.05, 4.69) is 35.5 Å². The summed E-state index contributed by atoms with van der Waals surface area (Å²) in [7, 11) is 4.33. The SMILES string of the molecule is Cc1ccnc2c1nc(C(C)Cl)n2CC1(N(C)C)CCC1. The van der Waals surface area contributed by atoms with Crippen molar-refractivity contribution in [3.63, 3.8) is 0 Å². The average molecular weight is 307 g/mol. The van der Waals surface area contributed by atoms with Crippen LogP contribution in [0.3, 0.4) is 0 Å². The van der Waals surface area contributed by atoms with E-state index in [-0.39, 0.29) is 10.9 Å². The first kappa shape index (κ1) is 14.8. The van der Waals surface area contributed by atoms with Gasteiger partial charge in [0.2, 0.25) is 0 Å². The molecule has 1 aliphatic carbocycles. The van der Waals surface area contributed by atoms with Crippen molar-refractivity contribution in [3.05, 3.63) is 23.7 Å². The van der Waals surface area contributed by atoms with E-state index in [9.17, 15) is 0 Å². The molecule has 0 bridgehead atoms. The van der Waals surface area contributed by atoms with Crippen LogP contribution in [-0.2, 0) is 6.54 Å². The number of likely N-dealkylation sites (N-methyl/N-ethyl adjacent to an activating group) is 1. The molecule has 0 aromatic carbocycles. The molecule has 1 atom stereocenters. The number of hydrogen-bond donors (Lipinski definition) is 0. The molecule has 0 radical (unpaired) electrons. The molecule has 0 amide bonds. The minimum absolute atomic E-state index is 0.113. The number of pyridine rings is 1. The van der Waals surface area contributed by atoms with Crippen LogP contribution in [0.15, 0.2) is 12.3 Å². The van der Waals surface area contributed by atoms with Crippen LogP contribution < -0.4 is 0 Å². The van der Waals surface area contributed by atoms with Gasteiger partial charge in [0.1, 0.15) is 11.3 Å². The predicted octanol–water partition coefficient (Wildman–Crippen LogP) is 3.52. The number of fused-ring (bicyclic) bond motifs is 1. The normalized spacial score (nSPS) is 19.0. The molecule has 0 spiro atoms. The highest BCUT2D eigenvalue weighted by atomic mass is 35.5. The summed E-state index contributed by atoms with van der Waals surface area (Å²) in [5.74, 6) is 0.932. The van der Waals surface area contributed by atoms with Gasteiger partial charge in [-0.15, -0.1) is 11.6 Å². The van der Waals surface area contributed by atoms with Gasteiger partial charge in [0, 0.05) is 18.3 Å². The Balaban J connectivity index is 2.12. The molecule has 3 rings (SSSR count). The lowest BCUT2D eigenvalue weighted by Gasteiger charge is -2.47. The first-order valence-electron chi connectivity index (χ1n) is 7.58. The number of aryl methyl sites for hydroxylation is 1. The number of aromatic nitrogens is 3. The molecule has 1 saturated carbocycles. The van der Waals surface area contributed by atoms with Gasteiger partial charge in [0.25, 0.3) is 0 Å². The molecule has 0 saturated heterocycles. The van der Waals surface area contributed by atoms with Crippen molar-refractivity contribution in [3.8, 4) is 0 Å². The molecule has 2 heterocycles. The quantitative estimate of drug-likeness (QED) is 0.810. The Hall–Kier alpha value is -1.13. The monoisotopic (exact) mass is 306 g/mol. The third-order valence-electron chi connectivity index (χ3n) is 4.91. The predicted molar refractivity (Wildman–Crippen MR) is 86.8 cm³/mol. The number of halogens is 1. The number of imidazole rings is 1. The molecule has 2 aromatic heterocycles. The molecule has 21 heavy (non-hydrogen) atoms. The maximum Gasteiger partial charge on any atom is 0.160 e. The van der Waals surface area contributed by atoms with Crippen LogP contribution in [0.25, 0.3) is 11.2 Å². The van der Waals surface area contributed by atoms with E-state index in [1.54, 1.807) is 0 Å². The molecule has 0 N–H and O–H groups in total. The first-order valence-corrected chi connectivity index (χ1v) is 8.01. The highest BCUT2D eigenvalue weighted by Gasteiger charge is 2.40. The zero-order chi connectivity index (χ0) is 15.2. The zero-order valence-electron chi connectivity index (χ0n) is 13.2. The Kier molecular flexibility index (Phi) is 3.70. The van der Waals surface area contributed by atoms with Crippen LogP contribution in [0.1, 0.15) is 43.0 Å². The van der Waals surface area contributed by atoms with Gasteiger partial charge in [-0.25, -0.2) is 9.97 Å². The maximum absolute atomic E-state index is 6.38. The minimum Gasteiger partial charge on any atom is -0.310 e. The van der Waals surface area contributed by atoms with E-state index in [0.717, 1.165) is 29.1 Å². The average Bonchev–Trinajstić information content (AvgIpc) is 2.73. The Labute approximate surface area is 131 Å². The largest absolute Gasteiger partial charge is 0.310 e. The smallest absolute Gasteiger partial charge is 0.160 e. The molecule has 5 heteroatoms. The summed E-state index contributed by atoms with van der Waals surface area (Å²) in [4.78, 5) is 11.7. The molecular weight excluding hydrogens is 284 g/mol. The van der Waals surface area contributed by atoms with E-state index >= 15 is 0 Å². The summed E-state index contributed by atoms with van der Waals surface area (Å²) in [6.45, 7) is 4.98. The summed E-state index contributed by atoms with van der Waals surface area (Å²) in [6, 6.07) is 2.01. The van der Waals surface area contributed by atoms with Gasteiger partial charge in [-0.2, -0.15) is 0 Å². The standard InChI is InChI=1S/C16H23ClN4/c1-11-6-9-18-15-13(11)19-14(12(2)17)21(15)10-16(20(3)4)7-5-8-16/h6,9,12H,5,7-8,10H2,1-4H3. The van der Waals surface area contributed by atoms with E-state index < -0.39 is 0 Å².